The topological polar surface area (TPSA) is 98.5 Å². The molecule has 0 unspecified atom stereocenters. The summed E-state index contributed by atoms with van der Waals surface area (Å²) in [6, 6.07) is 4.35. The molecule has 0 aliphatic heterocycles. The van der Waals surface area contributed by atoms with Gasteiger partial charge in [0.05, 0.1) is 16.5 Å². The smallest absolute Gasteiger partial charge is 0.336 e. The SMILES string of the molecule is Cc1c(Br)cc(S(=O)(=O)N(C)CCC#N)cc1C(=O)O. The van der Waals surface area contributed by atoms with Gasteiger partial charge in [-0.1, -0.05) is 15.9 Å². The van der Waals surface area contributed by atoms with Crippen LogP contribution in [0.3, 0.4) is 0 Å². The minimum Gasteiger partial charge on any atom is -0.478 e. The first kappa shape index (κ1) is 16.6. The number of carboxylic acids is 1. The minimum absolute atomic E-state index is 0.0483. The zero-order chi connectivity index (χ0) is 15.5. The third kappa shape index (κ3) is 3.36. The molecule has 0 saturated carbocycles. The predicted octanol–water partition coefficient (Wildman–Crippen LogP) is 1.99. The van der Waals surface area contributed by atoms with E-state index in [-0.39, 0.29) is 23.4 Å². The fraction of sp³-hybridized carbons (Fsp3) is 0.333. The van der Waals surface area contributed by atoms with Crippen molar-refractivity contribution >= 4 is 31.9 Å². The summed E-state index contributed by atoms with van der Waals surface area (Å²) >= 11 is 3.16. The van der Waals surface area contributed by atoms with Crippen molar-refractivity contribution in [1.82, 2.24) is 4.31 Å². The second-order valence-corrected chi connectivity index (χ2v) is 7.02. The van der Waals surface area contributed by atoms with Gasteiger partial charge in [-0.25, -0.2) is 13.2 Å². The molecule has 1 aromatic carbocycles. The van der Waals surface area contributed by atoms with Gasteiger partial charge in [-0.2, -0.15) is 9.57 Å². The summed E-state index contributed by atoms with van der Waals surface area (Å²) in [5, 5.41) is 17.6. The average molecular weight is 361 g/mol. The standard InChI is InChI=1S/C12H13BrN2O4S/c1-8-10(12(16)17)6-9(7-11(8)13)20(18,19)15(2)5-3-4-14/h6-7H,3,5H2,1-2H3,(H,16,17). The number of rotatable bonds is 5. The lowest BCUT2D eigenvalue weighted by Gasteiger charge is -2.17. The average Bonchev–Trinajstić information content (AvgIpc) is 2.38. The number of hydrogen-bond acceptors (Lipinski definition) is 4. The van der Waals surface area contributed by atoms with Crippen LogP contribution in [0, 0.1) is 18.3 Å². The van der Waals surface area contributed by atoms with Gasteiger partial charge in [0.25, 0.3) is 0 Å². The van der Waals surface area contributed by atoms with Crippen molar-refractivity contribution < 1.29 is 18.3 Å². The number of aromatic carboxylic acids is 1. The number of sulfonamides is 1. The molecule has 8 heteroatoms. The van der Waals surface area contributed by atoms with E-state index in [0.29, 0.717) is 10.0 Å². The fourth-order valence-corrected chi connectivity index (χ4v) is 3.37. The van der Waals surface area contributed by atoms with Gasteiger partial charge in [-0.15, -0.1) is 0 Å². The van der Waals surface area contributed by atoms with Gasteiger partial charge in [0.1, 0.15) is 0 Å². The Morgan fingerprint density at radius 1 is 1.50 bits per heavy atom. The van der Waals surface area contributed by atoms with Crippen molar-refractivity contribution in [2.45, 2.75) is 18.2 Å². The Labute approximate surface area is 125 Å². The third-order valence-electron chi connectivity index (χ3n) is 2.79. The van der Waals surface area contributed by atoms with Gasteiger partial charge in [0, 0.05) is 24.5 Å². The van der Waals surface area contributed by atoms with E-state index in [1.807, 2.05) is 6.07 Å². The first-order chi connectivity index (χ1) is 9.21. The van der Waals surface area contributed by atoms with Crippen LogP contribution in [0.1, 0.15) is 22.3 Å². The van der Waals surface area contributed by atoms with Crippen LogP contribution in [0.15, 0.2) is 21.5 Å². The number of hydrogen-bond donors (Lipinski definition) is 1. The fourth-order valence-electron chi connectivity index (χ4n) is 1.53. The maximum absolute atomic E-state index is 12.3. The maximum Gasteiger partial charge on any atom is 0.336 e. The van der Waals surface area contributed by atoms with E-state index in [1.54, 1.807) is 6.92 Å². The monoisotopic (exact) mass is 360 g/mol. The Morgan fingerprint density at radius 3 is 2.60 bits per heavy atom. The lowest BCUT2D eigenvalue weighted by molar-refractivity contribution is 0.0695. The summed E-state index contributed by atoms with van der Waals surface area (Å²) in [6.07, 6.45) is 0.0640. The van der Waals surface area contributed by atoms with Gasteiger partial charge in [0.15, 0.2) is 0 Å². The Hall–Kier alpha value is -1.43. The Balaban J connectivity index is 3.33. The largest absolute Gasteiger partial charge is 0.478 e. The van der Waals surface area contributed by atoms with Crippen molar-refractivity contribution in [3.63, 3.8) is 0 Å². The highest BCUT2D eigenvalue weighted by Gasteiger charge is 2.23. The summed E-state index contributed by atoms with van der Waals surface area (Å²) in [7, 11) is -2.47. The molecular formula is C12H13BrN2O4S. The molecule has 0 aliphatic rings. The molecule has 0 bridgehead atoms. The molecule has 1 aromatic rings. The molecule has 0 amide bonds. The lowest BCUT2D eigenvalue weighted by atomic mass is 10.1. The molecule has 0 spiro atoms. The molecule has 0 radical (unpaired) electrons. The summed E-state index contributed by atoms with van der Waals surface area (Å²) < 4.78 is 26.0. The molecule has 0 aliphatic carbocycles. The van der Waals surface area contributed by atoms with Crippen molar-refractivity contribution in [1.29, 1.82) is 5.26 Å². The van der Waals surface area contributed by atoms with E-state index in [2.05, 4.69) is 15.9 Å². The third-order valence-corrected chi connectivity index (χ3v) is 5.45. The molecule has 108 valence electrons. The normalized spacial score (nSPS) is 11.3. The quantitative estimate of drug-likeness (QED) is 0.865. The molecule has 0 atom stereocenters. The highest BCUT2D eigenvalue weighted by molar-refractivity contribution is 9.10. The second-order valence-electron chi connectivity index (χ2n) is 4.12. The van der Waals surface area contributed by atoms with Crippen molar-refractivity contribution in [3.05, 3.63) is 27.7 Å². The minimum atomic E-state index is -3.82. The number of carboxylic acid groups (broad SMARTS) is 1. The molecule has 0 saturated heterocycles. The van der Waals surface area contributed by atoms with Crippen LogP contribution in [0.25, 0.3) is 0 Å². The number of nitriles is 1. The van der Waals surface area contributed by atoms with Crippen LogP contribution >= 0.6 is 15.9 Å². The lowest BCUT2D eigenvalue weighted by Crippen LogP contribution is -2.28. The molecule has 6 nitrogen and oxygen atoms in total. The van der Waals surface area contributed by atoms with E-state index in [0.717, 1.165) is 10.4 Å². The summed E-state index contributed by atoms with van der Waals surface area (Å²) in [6.45, 7) is 1.63. The van der Waals surface area contributed by atoms with Gasteiger partial charge in [-0.05, 0) is 24.6 Å². The van der Waals surface area contributed by atoms with Gasteiger partial charge in [0.2, 0.25) is 10.0 Å². The zero-order valence-electron chi connectivity index (χ0n) is 10.9. The highest BCUT2D eigenvalue weighted by atomic mass is 79.9. The number of nitrogens with zero attached hydrogens (tertiary/aromatic N) is 2. The van der Waals surface area contributed by atoms with Crippen LogP contribution < -0.4 is 0 Å². The number of carbonyl (C=O) groups is 1. The Bertz CT molecular complexity index is 679. The molecule has 0 aromatic heterocycles. The molecular weight excluding hydrogens is 348 g/mol. The van der Waals surface area contributed by atoms with Crippen molar-refractivity contribution in [2.75, 3.05) is 13.6 Å². The van der Waals surface area contributed by atoms with Gasteiger partial charge in [-0.3, -0.25) is 0 Å². The molecule has 1 rings (SSSR count). The van der Waals surface area contributed by atoms with Crippen LogP contribution in [0.2, 0.25) is 0 Å². The highest BCUT2D eigenvalue weighted by Crippen LogP contribution is 2.26. The first-order valence-electron chi connectivity index (χ1n) is 5.58. The zero-order valence-corrected chi connectivity index (χ0v) is 13.3. The number of halogens is 1. The summed E-state index contributed by atoms with van der Waals surface area (Å²) in [4.78, 5) is 11.0. The maximum atomic E-state index is 12.3. The van der Waals surface area contributed by atoms with Crippen LogP contribution in [0.4, 0.5) is 0 Å². The van der Waals surface area contributed by atoms with Crippen LogP contribution in [-0.2, 0) is 10.0 Å². The van der Waals surface area contributed by atoms with Crippen LogP contribution in [0.5, 0.6) is 0 Å². The molecule has 0 fully saturated rings. The summed E-state index contributed by atoms with van der Waals surface area (Å²) in [5.41, 5.74) is 0.378. The van der Waals surface area contributed by atoms with Crippen molar-refractivity contribution in [3.8, 4) is 6.07 Å². The van der Waals surface area contributed by atoms with Gasteiger partial charge >= 0.3 is 5.97 Å². The summed E-state index contributed by atoms with van der Waals surface area (Å²) in [5.74, 6) is -1.19. The van der Waals surface area contributed by atoms with E-state index in [4.69, 9.17) is 10.4 Å². The predicted molar refractivity (Wildman–Crippen MR) is 75.9 cm³/mol. The van der Waals surface area contributed by atoms with Crippen molar-refractivity contribution in [2.24, 2.45) is 0 Å². The Kier molecular flexibility index (Phi) is 5.28. The van der Waals surface area contributed by atoms with E-state index < -0.39 is 16.0 Å². The van der Waals surface area contributed by atoms with Gasteiger partial charge < -0.3 is 5.11 Å². The first-order valence-corrected chi connectivity index (χ1v) is 7.82. The number of benzene rings is 1. The second kappa shape index (κ2) is 6.35. The molecule has 1 N–H and O–H groups in total. The van der Waals surface area contributed by atoms with E-state index in [1.165, 1.54) is 13.1 Å². The van der Waals surface area contributed by atoms with E-state index in [9.17, 15) is 13.2 Å². The molecule has 0 heterocycles. The van der Waals surface area contributed by atoms with E-state index >= 15 is 0 Å². The molecule has 20 heavy (non-hydrogen) atoms. The van der Waals surface area contributed by atoms with Crippen LogP contribution in [-0.4, -0.2) is 37.4 Å². The Morgan fingerprint density at radius 2 is 2.10 bits per heavy atom.